The lowest BCUT2D eigenvalue weighted by molar-refractivity contribution is -0.159. The van der Waals surface area contributed by atoms with Crippen LogP contribution in [0.3, 0.4) is 0 Å². The van der Waals surface area contributed by atoms with Crippen molar-refractivity contribution in [3.05, 3.63) is 58.7 Å². The van der Waals surface area contributed by atoms with Gasteiger partial charge in [-0.2, -0.15) is 0 Å². The number of carboxylic acids is 2. The number of carboxylic acid groups (broad SMARTS) is 2. The summed E-state index contributed by atoms with van der Waals surface area (Å²) in [5.74, 6) is -1.24. The third-order valence-electron chi connectivity index (χ3n) is 4.24. The first kappa shape index (κ1) is 23.7. The van der Waals surface area contributed by atoms with Crippen LogP contribution in [0.4, 0.5) is 5.95 Å². The van der Waals surface area contributed by atoms with E-state index in [1.165, 1.54) is 0 Å². The molecule has 1 aromatic heterocycles. The summed E-state index contributed by atoms with van der Waals surface area (Å²) >= 11 is 3.46. The lowest BCUT2D eigenvalue weighted by Gasteiger charge is -2.12. The summed E-state index contributed by atoms with van der Waals surface area (Å²) in [4.78, 5) is 22.7. The molecule has 0 saturated heterocycles. The Labute approximate surface area is 187 Å². The molecule has 0 spiro atoms. The minimum Gasteiger partial charge on any atom is -0.497 e. The number of nitrogens with zero attached hydrogens (tertiary/aromatic N) is 2. The largest absolute Gasteiger partial charge is 0.497 e. The molecule has 0 radical (unpaired) electrons. The maximum Gasteiger partial charge on any atom is 0.414 e. The first-order valence-electron chi connectivity index (χ1n) is 8.95. The van der Waals surface area contributed by atoms with Gasteiger partial charge in [0.2, 0.25) is 5.95 Å². The Morgan fingerprint density at radius 2 is 1.71 bits per heavy atom. The van der Waals surface area contributed by atoms with Gasteiger partial charge in [0.15, 0.2) is 0 Å². The van der Waals surface area contributed by atoms with Crippen molar-refractivity contribution in [2.75, 3.05) is 19.5 Å². The molecule has 2 aromatic carbocycles. The van der Waals surface area contributed by atoms with Crippen molar-refractivity contribution in [3.63, 3.8) is 0 Å². The maximum absolute atomic E-state index is 9.10. The first-order chi connectivity index (χ1) is 14.8. The molecular formula is C21H22BrN3O6. The van der Waals surface area contributed by atoms with Crippen LogP contribution in [0, 0.1) is 0 Å². The van der Waals surface area contributed by atoms with Crippen LogP contribution in [0.15, 0.2) is 53.1 Å². The minimum atomic E-state index is -1.82. The van der Waals surface area contributed by atoms with Crippen LogP contribution in [0.25, 0.3) is 11.3 Å². The first-order valence-corrected chi connectivity index (χ1v) is 9.74. The topological polar surface area (TPSA) is 123 Å². The van der Waals surface area contributed by atoms with Crippen LogP contribution in [0.1, 0.15) is 5.56 Å². The van der Waals surface area contributed by atoms with Crippen molar-refractivity contribution in [2.24, 2.45) is 7.05 Å². The average Bonchev–Trinajstić information content (AvgIpc) is 3.13. The highest BCUT2D eigenvalue weighted by atomic mass is 79.9. The number of anilines is 1. The summed E-state index contributed by atoms with van der Waals surface area (Å²) in [5, 5.41) is 18.1. The van der Waals surface area contributed by atoms with Gasteiger partial charge in [-0.15, -0.1) is 0 Å². The Balaban J connectivity index is 0.000000501. The van der Waals surface area contributed by atoms with Crippen LogP contribution in [0.5, 0.6) is 11.5 Å². The van der Waals surface area contributed by atoms with Crippen LogP contribution in [-0.2, 0) is 23.2 Å². The second-order valence-corrected chi connectivity index (χ2v) is 7.09. The van der Waals surface area contributed by atoms with Crippen molar-refractivity contribution in [1.29, 1.82) is 0 Å². The summed E-state index contributed by atoms with van der Waals surface area (Å²) in [6.07, 6.45) is 1.87. The summed E-state index contributed by atoms with van der Waals surface area (Å²) in [6, 6.07) is 13.9. The molecule has 0 aliphatic rings. The van der Waals surface area contributed by atoms with Crippen molar-refractivity contribution >= 4 is 33.8 Å². The Kier molecular flexibility index (Phi) is 8.44. The average molecular weight is 492 g/mol. The number of rotatable bonds is 6. The van der Waals surface area contributed by atoms with E-state index in [4.69, 9.17) is 29.3 Å². The third-order valence-corrected chi connectivity index (χ3v) is 4.76. The lowest BCUT2D eigenvalue weighted by Crippen LogP contribution is -2.09. The van der Waals surface area contributed by atoms with Crippen LogP contribution in [0.2, 0.25) is 0 Å². The van der Waals surface area contributed by atoms with Gasteiger partial charge in [-0.1, -0.05) is 28.1 Å². The molecule has 0 aliphatic heterocycles. The highest BCUT2D eigenvalue weighted by Crippen LogP contribution is 2.26. The van der Waals surface area contributed by atoms with Gasteiger partial charge in [0.25, 0.3) is 0 Å². The zero-order valence-corrected chi connectivity index (χ0v) is 18.7. The van der Waals surface area contributed by atoms with Gasteiger partial charge < -0.3 is 29.6 Å². The monoisotopic (exact) mass is 491 g/mol. The van der Waals surface area contributed by atoms with E-state index in [0.29, 0.717) is 6.54 Å². The molecule has 0 atom stereocenters. The number of carbonyl (C=O) groups is 2. The summed E-state index contributed by atoms with van der Waals surface area (Å²) in [6.45, 7) is 0.588. The molecule has 10 heteroatoms. The fourth-order valence-corrected chi connectivity index (χ4v) is 2.92. The van der Waals surface area contributed by atoms with Gasteiger partial charge in [0, 0.05) is 23.6 Å². The Morgan fingerprint density at radius 1 is 1.06 bits per heavy atom. The van der Waals surface area contributed by atoms with E-state index >= 15 is 0 Å². The van der Waals surface area contributed by atoms with Gasteiger partial charge in [0.05, 0.1) is 26.1 Å². The number of hydrogen-bond donors (Lipinski definition) is 3. The van der Waals surface area contributed by atoms with Gasteiger partial charge in [-0.25, -0.2) is 14.6 Å². The molecule has 164 valence electrons. The fraction of sp³-hybridized carbons (Fsp3) is 0.190. The molecule has 0 amide bonds. The number of methoxy groups -OCH3 is 2. The SMILES string of the molecule is COc1ccc(OC)c(CNc2ncc(-c3ccc(Br)cc3)n2C)c1.O=C(O)C(=O)O. The highest BCUT2D eigenvalue weighted by Gasteiger charge is 2.10. The van der Waals surface area contributed by atoms with E-state index in [2.05, 4.69) is 38.4 Å². The highest BCUT2D eigenvalue weighted by molar-refractivity contribution is 9.10. The molecule has 3 rings (SSSR count). The Morgan fingerprint density at radius 3 is 2.26 bits per heavy atom. The minimum absolute atomic E-state index is 0.588. The second-order valence-electron chi connectivity index (χ2n) is 6.17. The number of benzene rings is 2. The van der Waals surface area contributed by atoms with E-state index in [9.17, 15) is 0 Å². The number of hydrogen-bond acceptors (Lipinski definition) is 6. The third kappa shape index (κ3) is 6.48. The standard InChI is InChI=1S/C19H20BrN3O2.C2H2O4/c1-23-17(13-4-6-15(20)7-5-13)12-22-19(23)21-11-14-10-16(24-2)8-9-18(14)25-3;3-1(4)2(5)6/h4-10,12H,11H2,1-3H3,(H,21,22);(H,3,4)(H,5,6). The number of ether oxygens (including phenoxy) is 2. The van der Waals surface area contributed by atoms with Crippen molar-refractivity contribution < 1.29 is 29.3 Å². The summed E-state index contributed by atoms with van der Waals surface area (Å²) in [7, 11) is 5.31. The maximum atomic E-state index is 9.10. The zero-order chi connectivity index (χ0) is 23.0. The fourth-order valence-electron chi connectivity index (χ4n) is 2.66. The predicted octanol–water partition coefficient (Wildman–Crippen LogP) is 3.63. The lowest BCUT2D eigenvalue weighted by atomic mass is 10.2. The van der Waals surface area contributed by atoms with Gasteiger partial charge in [-0.05, 0) is 35.9 Å². The van der Waals surface area contributed by atoms with Crippen molar-refractivity contribution in [3.8, 4) is 22.8 Å². The zero-order valence-electron chi connectivity index (χ0n) is 17.1. The van der Waals surface area contributed by atoms with E-state index in [-0.39, 0.29) is 0 Å². The molecule has 3 N–H and O–H groups in total. The molecule has 3 aromatic rings. The number of aromatic nitrogens is 2. The van der Waals surface area contributed by atoms with Crippen LogP contribution >= 0.6 is 15.9 Å². The molecule has 0 saturated carbocycles. The number of aliphatic carboxylic acids is 2. The molecular weight excluding hydrogens is 470 g/mol. The second kappa shape index (κ2) is 11.0. The molecule has 31 heavy (non-hydrogen) atoms. The number of halogens is 1. The number of nitrogens with one attached hydrogen (secondary N) is 1. The van der Waals surface area contributed by atoms with E-state index in [1.54, 1.807) is 14.2 Å². The van der Waals surface area contributed by atoms with Gasteiger partial charge >= 0.3 is 11.9 Å². The van der Waals surface area contributed by atoms with Crippen LogP contribution < -0.4 is 14.8 Å². The van der Waals surface area contributed by atoms with E-state index < -0.39 is 11.9 Å². The predicted molar refractivity (Wildman–Crippen MR) is 118 cm³/mol. The van der Waals surface area contributed by atoms with E-state index in [1.807, 2.05) is 48.1 Å². The number of imidazole rings is 1. The van der Waals surface area contributed by atoms with Crippen molar-refractivity contribution in [1.82, 2.24) is 9.55 Å². The van der Waals surface area contributed by atoms with E-state index in [0.717, 1.165) is 38.7 Å². The van der Waals surface area contributed by atoms with Gasteiger partial charge in [-0.3, -0.25) is 0 Å². The molecule has 0 fully saturated rings. The Bertz CT molecular complexity index is 1040. The quantitative estimate of drug-likeness (QED) is 0.446. The smallest absolute Gasteiger partial charge is 0.414 e. The summed E-state index contributed by atoms with van der Waals surface area (Å²) < 4.78 is 13.8. The van der Waals surface area contributed by atoms with Crippen LogP contribution in [-0.4, -0.2) is 45.9 Å². The molecule has 1 heterocycles. The van der Waals surface area contributed by atoms with Crippen molar-refractivity contribution in [2.45, 2.75) is 6.54 Å². The molecule has 9 nitrogen and oxygen atoms in total. The molecule has 0 aliphatic carbocycles. The molecule has 0 bridgehead atoms. The normalized spacial score (nSPS) is 9.94. The molecule has 0 unspecified atom stereocenters. The Hall–Kier alpha value is -3.53. The summed E-state index contributed by atoms with van der Waals surface area (Å²) in [5.41, 5.74) is 3.17. The van der Waals surface area contributed by atoms with Gasteiger partial charge in [0.1, 0.15) is 11.5 Å².